The van der Waals surface area contributed by atoms with Gasteiger partial charge >= 0.3 is 0 Å². The second-order valence-corrected chi connectivity index (χ2v) is 3.17. The van der Waals surface area contributed by atoms with Crippen molar-refractivity contribution < 1.29 is 18.6 Å². The summed E-state index contributed by atoms with van der Waals surface area (Å²) in [5.74, 6) is -2.74. The molecule has 0 bridgehead atoms. The highest BCUT2D eigenvalue weighted by Crippen LogP contribution is 2.29. The fourth-order valence-corrected chi connectivity index (χ4v) is 1.15. The fourth-order valence-electron chi connectivity index (χ4n) is 1.15. The highest BCUT2D eigenvalue weighted by atomic mass is 19.3. The van der Waals surface area contributed by atoms with E-state index in [9.17, 15) is 8.78 Å². The van der Waals surface area contributed by atoms with Gasteiger partial charge in [0.05, 0.1) is 13.2 Å². The Morgan fingerprint density at radius 1 is 1.40 bits per heavy atom. The molecule has 0 heterocycles. The first kappa shape index (κ1) is 11.9. The van der Waals surface area contributed by atoms with Crippen molar-refractivity contribution in [2.75, 3.05) is 13.7 Å². The Hall–Kier alpha value is -1.20. The van der Waals surface area contributed by atoms with Gasteiger partial charge in [-0.05, 0) is 17.7 Å². The van der Waals surface area contributed by atoms with Gasteiger partial charge in [-0.3, -0.25) is 0 Å². The highest BCUT2D eigenvalue weighted by Gasteiger charge is 2.37. The van der Waals surface area contributed by atoms with E-state index in [-0.39, 0.29) is 5.56 Å². The van der Waals surface area contributed by atoms with Crippen LogP contribution in [-0.4, -0.2) is 24.7 Å². The third-order valence-corrected chi connectivity index (χ3v) is 2.14. The zero-order valence-electron chi connectivity index (χ0n) is 8.28. The molecule has 0 radical (unpaired) electrons. The van der Waals surface area contributed by atoms with Crippen LogP contribution in [0.2, 0.25) is 0 Å². The molecule has 0 aliphatic heterocycles. The molecule has 0 saturated heterocycles. The molecule has 1 aromatic carbocycles. The van der Waals surface area contributed by atoms with Crippen molar-refractivity contribution in [2.45, 2.75) is 12.0 Å². The first-order valence-corrected chi connectivity index (χ1v) is 4.39. The lowest BCUT2D eigenvalue weighted by atomic mass is 10.0. The highest BCUT2D eigenvalue weighted by molar-refractivity contribution is 5.29. The van der Waals surface area contributed by atoms with Crippen LogP contribution < -0.4 is 10.5 Å². The largest absolute Gasteiger partial charge is 0.497 e. The van der Waals surface area contributed by atoms with Crippen molar-refractivity contribution in [3.63, 3.8) is 0 Å². The fraction of sp³-hybridized carbons (Fsp3) is 0.400. The monoisotopic (exact) mass is 217 g/mol. The van der Waals surface area contributed by atoms with Gasteiger partial charge in [0.1, 0.15) is 12.4 Å². The lowest BCUT2D eigenvalue weighted by Crippen LogP contribution is -2.36. The third-order valence-electron chi connectivity index (χ3n) is 2.14. The van der Waals surface area contributed by atoms with E-state index in [2.05, 4.69) is 0 Å². The predicted molar refractivity (Wildman–Crippen MR) is 52.0 cm³/mol. The summed E-state index contributed by atoms with van der Waals surface area (Å²) in [6.45, 7) is -1.26. The Morgan fingerprint density at radius 3 is 2.33 bits per heavy atom. The lowest BCUT2D eigenvalue weighted by molar-refractivity contribution is -0.0711. The van der Waals surface area contributed by atoms with Crippen molar-refractivity contribution >= 4 is 0 Å². The van der Waals surface area contributed by atoms with Gasteiger partial charge < -0.3 is 15.6 Å². The van der Waals surface area contributed by atoms with Gasteiger partial charge in [-0.15, -0.1) is 0 Å². The van der Waals surface area contributed by atoms with Crippen LogP contribution in [-0.2, 0) is 0 Å². The van der Waals surface area contributed by atoms with Gasteiger partial charge in [-0.1, -0.05) is 12.1 Å². The van der Waals surface area contributed by atoms with Crippen molar-refractivity contribution in [2.24, 2.45) is 5.73 Å². The average Bonchev–Trinajstić information content (AvgIpc) is 2.28. The molecule has 0 amide bonds. The number of hydrogen-bond acceptors (Lipinski definition) is 3. The van der Waals surface area contributed by atoms with Crippen LogP contribution in [0.3, 0.4) is 0 Å². The van der Waals surface area contributed by atoms with Crippen LogP contribution in [0, 0.1) is 0 Å². The zero-order chi connectivity index (χ0) is 11.5. The molecule has 1 aromatic rings. The van der Waals surface area contributed by atoms with Crippen LogP contribution >= 0.6 is 0 Å². The van der Waals surface area contributed by atoms with Crippen molar-refractivity contribution in [1.82, 2.24) is 0 Å². The van der Waals surface area contributed by atoms with Crippen LogP contribution in [0.15, 0.2) is 24.3 Å². The van der Waals surface area contributed by atoms with E-state index in [1.54, 1.807) is 12.1 Å². The molecule has 84 valence electrons. The number of ether oxygens (including phenoxy) is 1. The summed E-state index contributed by atoms with van der Waals surface area (Å²) in [7, 11) is 1.48. The Bertz CT molecular complexity index is 314. The smallest absolute Gasteiger partial charge is 0.289 e. The summed E-state index contributed by atoms with van der Waals surface area (Å²) >= 11 is 0. The maximum Gasteiger partial charge on any atom is 0.289 e. The van der Waals surface area contributed by atoms with Crippen LogP contribution in [0.25, 0.3) is 0 Å². The minimum atomic E-state index is -3.31. The van der Waals surface area contributed by atoms with E-state index in [0.29, 0.717) is 5.75 Å². The molecule has 0 aliphatic rings. The van der Waals surface area contributed by atoms with Gasteiger partial charge in [0.2, 0.25) is 0 Å². The van der Waals surface area contributed by atoms with Crippen molar-refractivity contribution in [3.05, 3.63) is 29.8 Å². The Kier molecular flexibility index (Phi) is 3.60. The second-order valence-electron chi connectivity index (χ2n) is 3.17. The number of halogens is 2. The molecule has 0 aliphatic carbocycles. The molecule has 0 saturated carbocycles. The zero-order valence-corrected chi connectivity index (χ0v) is 8.28. The summed E-state index contributed by atoms with van der Waals surface area (Å²) in [5, 5.41) is 8.47. The van der Waals surface area contributed by atoms with Crippen molar-refractivity contribution in [1.29, 1.82) is 0 Å². The number of aliphatic hydroxyl groups is 1. The molecule has 0 unspecified atom stereocenters. The van der Waals surface area contributed by atoms with E-state index in [0.717, 1.165) is 0 Å². The number of alkyl halides is 2. The number of hydrogen-bond donors (Lipinski definition) is 2. The Morgan fingerprint density at radius 2 is 1.93 bits per heavy atom. The topological polar surface area (TPSA) is 55.5 Å². The SMILES string of the molecule is COc1ccc([C@H](N)C(F)(F)CO)cc1. The van der Waals surface area contributed by atoms with Gasteiger partial charge in [-0.2, -0.15) is 0 Å². The molecule has 3 nitrogen and oxygen atoms in total. The van der Waals surface area contributed by atoms with Crippen LogP contribution in [0.4, 0.5) is 8.78 Å². The third kappa shape index (κ3) is 2.64. The minimum Gasteiger partial charge on any atom is -0.497 e. The number of nitrogens with two attached hydrogens (primary N) is 1. The molecular weight excluding hydrogens is 204 g/mol. The van der Waals surface area contributed by atoms with Gasteiger partial charge in [0, 0.05) is 0 Å². The normalized spacial score (nSPS) is 13.7. The summed E-state index contributed by atoms with van der Waals surface area (Å²) in [6.07, 6.45) is 0. The van der Waals surface area contributed by atoms with E-state index >= 15 is 0 Å². The standard InChI is InChI=1S/C10H13F2NO2/c1-15-8-4-2-7(3-5-8)9(13)10(11,12)6-14/h2-5,9,14H,6,13H2,1H3/t9-/m0/s1. The summed E-state index contributed by atoms with van der Waals surface area (Å²) in [5.41, 5.74) is 5.58. The van der Waals surface area contributed by atoms with E-state index in [1.807, 2.05) is 0 Å². The summed E-state index contributed by atoms with van der Waals surface area (Å²) in [4.78, 5) is 0. The first-order valence-electron chi connectivity index (χ1n) is 4.39. The Balaban J connectivity index is 2.87. The first-order chi connectivity index (χ1) is 7.01. The van der Waals surface area contributed by atoms with Gasteiger partial charge in [0.25, 0.3) is 5.92 Å². The predicted octanol–water partition coefficient (Wildman–Crippen LogP) is 1.32. The maximum absolute atomic E-state index is 13.0. The van der Waals surface area contributed by atoms with Gasteiger partial charge in [-0.25, -0.2) is 8.78 Å². The van der Waals surface area contributed by atoms with E-state index in [1.165, 1.54) is 19.2 Å². The number of aliphatic hydroxyl groups excluding tert-OH is 1. The van der Waals surface area contributed by atoms with Crippen molar-refractivity contribution in [3.8, 4) is 5.75 Å². The quantitative estimate of drug-likeness (QED) is 0.799. The molecule has 3 N–H and O–H groups in total. The number of benzene rings is 1. The minimum absolute atomic E-state index is 0.259. The lowest BCUT2D eigenvalue weighted by Gasteiger charge is -2.21. The molecule has 0 spiro atoms. The molecule has 1 atom stereocenters. The number of methoxy groups -OCH3 is 1. The number of rotatable bonds is 4. The molecule has 15 heavy (non-hydrogen) atoms. The van der Waals surface area contributed by atoms with E-state index < -0.39 is 18.6 Å². The summed E-state index contributed by atoms with van der Waals surface area (Å²) in [6, 6.07) is 4.49. The second kappa shape index (κ2) is 4.55. The Labute approximate surface area is 86.5 Å². The average molecular weight is 217 g/mol. The molecule has 5 heteroatoms. The van der Waals surface area contributed by atoms with E-state index in [4.69, 9.17) is 15.6 Å². The van der Waals surface area contributed by atoms with Crippen LogP contribution in [0.5, 0.6) is 5.75 Å². The molecular formula is C10H13F2NO2. The molecule has 0 aromatic heterocycles. The van der Waals surface area contributed by atoms with Crippen LogP contribution in [0.1, 0.15) is 11.6 Å². The maximum atomic E-state index is 13.0. The molecule has 0 fully saturated rings. The van der Waals surface area contributed by atoms with Gasteiger partial charge in [0.15, 0.2) is 0 Å². The molecule has 1 rings (SSSR count). The summed E-state index contributed by atoms with van der Waals surface area (Å²) < 4.78 is 30.9.